The number of carboxylic acids is 1. The first kappa shape index (κ1) is 13.9. The minimum absolute atomic E-state index is 0.416. The molecule has 0 aliphatic carbocycles. The van der Waals surface area contributed by atoms with Gasteiger partial charge in [0.2, 0.25) is 0 Å². The molecule has 20 heavy (non-hydrogen) atoms. The van der Waals surface area contributed by atoms with Crippen molar-refractivity contribution < 1.29 is 9.90 Å². The molecule has 5 heteroatoms. The number of hydrogen-bond acceptors (Lipinski definition) is 3. The molecule has 1 aromatic rings. The number of rotatable bonds is 3. The van der Waals surface area contributed by atoms with Crippen molar-refractivity contribution in [2.24, 2.45) is 0 Å². The maximum atomic E-state index is 11.9. The highest BCUT2D eigenvalue weighted by Gasteiger charge is 2.46. The van der Waals surface area contributed by atoms with E-state index in [2.05, 4.69) is 26.1 Å². The van der Waals surface area contributed by atoms with Gasteiger partial charge in [0.05, 0.1) is 0 Å². The molecule has 2 aliphatic rings. The van der Waals surface area contributed by atoms with Crippen molar-refractivity contribution in [1.82, 2.24) is 4.90 Å². The lowest BCUT2D eigenvalue weighted by molar-refractivity contribution is -0.144. The molecule has 2 atom stereocenters. The predicted octanol–water partition coefficient (Wildman–Crippen LogP) is 2.94. The van der Waals surface area contributed by atoms with Crippen LogP contribution in [-0.4, -0.2) is 40.6 Å². The highest BCUT2D eigenvalue weighted by atomic mass is 79.9. The van der Waals surface area contributed by atoms with Gasteiger partial charge < -0.3 is 15.3 Å². The number of fused-ring (bicyclic) bond motifs is 1. The lowest BCUT2D eigenvalue weighted by Crippen LogP contribution is -2.56. The second-order valence-electron chi connectivity index (χ2n) is 5.81. The van der Waals surface area contributed by atoms with Gasteiger partial charge in [-0.1, -0.05) is 22.0 Å². The van der Waals surface area contributed by atoms with Crippen LogP contribution in [0.2, 0.25) is 0 Å². The number of nitrogens with zero attached hydrogens (tertiary/aromatic N) is 1. The summed E-state index contributed by atoms with van der Waals surface area (Å²) in [5, 5.41) is 13.0. The number of carbonyl (C=O) groups is 1. The van der Waals surface area contributed by atoms with Crippen molar-refractivity contribution in [3.63, 3.8) is 0 Å². The molecule has 2 unspecified atom stereocenters. The summed E-state index contributed by atoms with van der Waals surface area (Å²) in [6.07, 6.45) is 3.66. The van der Waals surface area contributed by atoms with E-state index in [1.165, 1.54) is 6.42 Å². The summed E-state index contributed by atoms with van der Waals surface area (Å²) in [5.41, 5.74) is 0.0416. The Balaban J connectivity index is 1.83. The molecule has 2 heterocycles. The van der Waals surface area contributed by atoms with Crippen LogP contribution < -0.4 is 5.32 Å². The second-order valence-corrected chi connectivity index (χ2v) is 6.72. The Morgan fingerprint density at radius 1 is 1.45 bits per heavy atom. The summed E-state index contributed by atoms with van der Waals surface area (Å²) < 4.78 is 0.960. The molecule has 0 radical (unpaired) electrons. The molecule has 0 aromatic heterocycles. The van der Waals surface area contributed by atoms with Gasteiger partial charge in [0.15, 0.2) is 0 Å². The number of anilines is 1. The Morgan fingerprint density at radius 3 is 3.05 bits per heavy atom. The average molecular weight is 339 g/mol. The molecule has 0 saturated carbocycles. The standard InChI is InChI=1S/C15H19BrN2O2/c16-11-3-1-4-12(9-11)17-15(14(19)20)6-8-18-7-2-5-13(18)10-15/h1,3-4,9,13,17H,2,5-8,10H2,(H,19,20). The quantitative estimate of drug-likeness (QED) is 0.889. The van der Waals surface area contributed by atoms with E-state index in [0.717, 1.165) is 29.7 Å². The third-order valence-corrected chi connectivity index (χ3v) is 5.02. The van der Waals surface area contributed by atoms with Gasteiger partial charge in [-0.05, 0) is 50.4 Å². The first-order valence-electron chi connectivity index (χ1n) is 7.10. The van der Waals surface area contributed by atoms with Crippen LogP contribution in [0.15, 0.2) is 28.7 Å². The molecular weight excluding hydrogens is 320 g/mol. The third-order valence-electron chi connectivity index (χ3n) is 4.53. The van der Waals surface area contributed by atoms with Gasteiger partial charge in [0.25, 0.3) is 0 Å². The monoisotopic (exact) mass is 338 g/mol. The smallest absolute Gasteiger partial charge is 0.329 e. The van der Waals surface area contributed by atoms with Crippen molar-refractivity contribution in [2.75, 3.05) is 18.4 Å². The van der Waals surface area contributed by atoms with Gasteiger partial charge >= 0.3 is 5.97 Å². The maximum Gasteiger partial charge on any atom is 0.329 e. The molecule has 108 valence electrons. The number of aliphatic carboxylic acids is 1. The SMILES string of the molecule is O=C(O)C1(Nc2cccc(Br)c2)CCN2CCCC2C1. The van der Waals surface area contributed by atoms with Gasteiger partial charge in [-0.15, -0.1) is 0 Å². The number of nitrogens with one attached hydrogen (secondary N) is 1. The zero-order valence-electron chi connectivity index (χ0n) is 11.3. The summed E-state index contributed by atoms with van der Waals surface area (Å²) in [7, 11) is 0. The van der Waals surface area contributed by atoms with Crippen LogP contribution in [0, 0.1) is 0 Å². The van der Waals surface area contributed by atoms with Crippen molar-refractivity contribution in [1.29, 1.82) is 0 Å². The van der Waals surface area contributed by atoms with Gasteiger partial charge in [-0.25, -0.2) is 4.79 Å². The number of benzene rings is 1. The summed E-state index contributed by atoms with van der Waals surface area (Å²) in [6.45, 7) is 2.00. The first-order valence-corrected chi connectivity index (χ1v) is 7.90. The lowest BCUT2D eigenvalue weighted by atomic mass is 9.83. The van der Waals surface area contributed by atoms with E-state index in [-0.39, 0.29) is 0 Å². The van der Waals surface area contributed by atoms with Crippen LogP contribution in [-0.2, 0) is 4.79 Å². The fourth-order valence-corrected chi connectivity index (χ4v) is 3.86. The van der Waals surface area contributed by atoms with Crippen molar-refractivity contribution in [3.8, 4) is 0 Å². The highest BCUT2D eigenvalue weighted by Crippen LogP contribution is 2.36. The van der Waals surface area contributed by atoms with Crippen LogP contribution in [0.5, 0.6) is 0 Å². The zero-order valence-corrected chi connectivity index (χ0v) is 12.9. The Kier molecular flexibility index (Phi) is 3.73. The van der Waals surface area contributed by atoms with E-state index in [9.17, 15) is 9.90 Å². The molecule has 2 fully saturated rings. The van der Waals surface area contributed by atoms with Gasteiger partial charge in [-0.3, -0.25) is 0 Å². The van der Waals surface area contributed by atoms with Crippen LogP contribution in [0.25, 0.3) is 0 Å². The first-order chi connectivity index (χ1) is 9.59. The van der Waals surface area contributed by atoms with Gasteiger partial charge in [0, 0.05) is 22.7 Å². The molecule has 0 amide bonds. The van der Waals surface area contributed by atoms with Crippen LogP contribution in [0.4, 0.5) is 5.69 Å². The molecule has 2 saturated heterocycles. The Morgan fingerprint density at radius 2 is 2.30 bits per heavy atom. The molecule has 3 rings (SSSR count). The fourth-order valence-electron chi connectivity index (χ4n) is 3.46. The van der Waals surface area contributed by atoms with E-state index >= 15 is 0 Å². The van der Waals surface area contributed by atoms with E-state index in [1.54, 1.807) is 0 Å². The third kappa shape index (κ3) is 2.56. The van der Waals surface area contributed by atoms with Crippen molar-refractivity contribution >= 4 is 27.6 Å². The molecular formula is C15H19BrN2O2. The summed E-state index contributed by atoms with van der Waals surface area (Å²) in [6, 6.07) is 8.15. The predicted molar refractivity (Wildman–Crippen MR) is 82.0 cm³/mol. The molecule has 1 aromatic carbocycles. The molecule has 2 aliphatic heterocycles. The number of carboxylic acid groups (broad SMARTS) is 1. The Labute approximate surface area is 127 Å². The molecule has 0 bridgehead atoms. The molecule has 0 spiro atoms. The summed E-state index contributed by atoms with van der Waals surface area (Å²) in [5.74, 6) is -0.732. The maximum absolute atomic E-state index is 11.9. The van der Waals surface area contributed by atoms with Crippen LogP contribution in [0.3, 0.4) is 0 Å². The largest absolute Gasteiger partial charge is 0.480 e. The minimum atomic E-state index is -0.827. The highest BCUT2D eigenvalue weighted by molar-refractivity contribution is 9.10. The fraction of sp³-hybridized carbons (Fsp3) is 0.533. The second kappa shape index (κ2) is 5.37. The normalized spacial score (nSPS) is 29.9. The Bertz CT molecular complexity index is 522. The topological polar surface area (TPSA) is 52.6 Å². The van der Waals surface area contributed by atoms with Gasteiger partial charge in [0.1, 0.15) is 5.54 Å². The minimum Gasteiger partial charge on any atom is -0.480 e. The van der Waals surface area contributed by atoms with E-state index in [4.69, 9.17) is 0 Å². The Hall–Kier alpha value is -1.07. The van der Waals surface area contributed by atoms with E-state index in [1.807, 2.05) is 24.3 Å². The lowest BCUT2D eigenvalue weighted by Gasteiger charge is -2.42. The number of piperidine rings is 1. The van der Waals surface area contributed by atoms with Crippen LogP contribution in [0.1, 0.15) is 25.7 Å². The average Bonchev–Trinajstić information content (AvgIpc) is 2.85. The molecule has 4 nitrogen and oxygen atoms in total. The number of hydrogen-bond donors (Lipinski definition) is 2. The van der Waals surface area contributed by atoms with Gasteiger partial charge in [-0.2, -0.15) is 0 Å². The number of halogens is 1. The van der Waals surface area contributed by atoms with Crippen LogP contribution >= 0.6 is 15.9 Å². The molecule has 2 N–H and O–H groups in total. The zero-order chi connectivity index (χ0) is 14.2. The van der Waals surface area contributed by atoms with E-state index in [0.29, 0.717) is 18.9 Å². The van der Waals surface area contributed by atoms with Crippen molar-refractivity contribution in [3.05, 3.63) is 28.7 Å². The van der Waals surface area contributed by atoms with Crippen molar-refractivity contribution in [2.45, 2.75) is 37.3 Å². The summed E-state index contributed by atoms with van der Waals surface area (Å²) in [4.78, 5) is 14.3. The summed E-state index contributed by atoms with van der Waals surface area (Å²) >= 11 is 3.43. The van der Waals surface area contributed by atoms with E-state index < -0.39 is 11.5 Å².